The molecule has 0 aliphatic heterocycles. The van der Waals surface area contributed by atoms with Crippen molar-refractivity contribution in [1.82, 2.24) is 10.2 Å². The first-order valence-corrected chi connectivity index (χ1v) is 12.6. The van der Waals surface area contributed by atoms with Crippen LogP contribution in [0.25, 0.3) is 0 Å². The lowest BCUT2D eigenvalue weighted by molar-refractivity contribution is -0.143. The number of nitrogens with one attached hydrogen (secondary N) is 1. The molecule has 1 aliphatic carbocycles. The molecule has 0 heterocycles. The van der Waals surface area contributed by atoms with Gasteiger partial charge in [0, 0.05) is 24.6 Å². The molecule has 6 heteroatoms. The van der Waals surface area contributed by atoms with Gasteiger partial charge in [-0.1, -0.05) is 79.6 Å². The van der Waals surface area contributed by atoms with E-state index in [1.54, 1.807) is 24.3 Å². The van der Waals surface area contributed by atoms with E-state index in [2.05, 4.69) is 5.32 Å². The third-order valence-electron chi connectivity index (χ3n) is 6.72. The zero-order valence-corrected chi connectivity index (χ0v) is 20.7. The molecule has 0 saturated heterocycles. The first-order valence-electron chi connectivity index (χ1n) is 12.6. The molecule has 0 radical (unpaired) electrons. The molecule has 0 aromatic heterocycles. The molecule has 1 fully saturated rings. The molecule has 1 unspecified atom stereocenters. The Morgan fingerprint density at radius 1 is 0.972 bits per heavy atom. The maximum atomic E-state index is 14.7. The van der Waals surface area contributed by atoms with Crippen LogP contribution in [0.2, 0.25) is 0 Å². The Morgan fingerprint density at radius 3 is 2.36 bits per heavy atom. The smallest absolute Gasteiger partial charge is 0.261 e. The number of amides is 2. The molecule has 1 aliphatic rings. The number of halogens is 1. The van der Waals surface area contributed by atoms with Gasteiger partial charge in [0.15, 0.2) is 6.61 Å². The number of hydrogen-bond donors (Lipinski definition) is 1. The number of carbonyl (C=O) groups is 2. The molecule has 0 spiro atoms. The maximum Gasteiger partial charge on any atom is 0.261 e. The summed E-state index contributed by atoms with van der Waals surface area (Å²) in [4.78, 5) is 28.7. The van der Waals surface area contributed by atoms with Gasteiger partial charge in [0.25, 0.3) is 5.91 Å². The highest BCUT2D eigenvalue weighted by Crippen LogP contribution is 2.21. The second kappa shape index (κ2) is 12.3. The van der Waals surface area contributed by atoms with Crippen molar-refractivity contribution in [1.29, 1.82) is 0 Å². The van der Waals surface area contributed by atoms with E-state index in [1.807, 2.05) is 55.5 Å². The van der Waals surface area contributed by atoms with E-state index in [0.29, 0.717) is 17.7 Å². The highest BCUT2D eigenvalue weighted by Gasteiger charge is 2.32. The van der Waals surface area contributed by atoms with Crippen LogP contribution in [-0.2, 0) is 22.6 Å². The third kappa shape index (κ3) is 6.72. The molecular formula is C30H33FN2O3. The van der Waals surface area contributed by atoms with Gasteiger partial charge in [0.1, 0.15) is 17.6 Å². The molecule has 3 aromatic rings. The lowest BCUT2D eigenvalue weighted by Gasteiger charge is -2.32. The molecule has 1 N–H and O–H groups in total. The molecule has 36 heavy (non-hydrogen) atoms. The summed E-state index contributed by atoms with van der Waals surface area (Å²) in [6, 6.07) is 22.7. The van der Waals surface area contributed by atoms with Crippen LogP contribution in [0.4, 0.5) is 4.39 Å². The van der Waals surface area contributed by atoms with Crippen molar-refractivity contribution in [2.24, 2.45) is 0 Å². The average molecular weight is 489 g/mol. The summed E-state index contributed by atoms with van der Waals surface area (Å²) < 4.78 is 20.5. The minimum Gasteiger partial charge on any atom is -0.484 e. The van der Waals surface area contributed by atoms with Gasteiger partial charge in [-0.3, -0.25) is 9.59 Å². The van der Waals surface area contributed by atoms with E-state index in [1.165, 1.54) is 11.0 Å². The van der Waals surface area contributed by atoms with Crippen molar-refractivity contribution < 1.29 is 18.7 Å². The van der Waals surface area contributed by atoms with Crippen LogP contribution >= 0.6 is 0 Å². The van der Waals surface area contributed by atoms with E-state index in [-0.39, 0.29) is 31.0 Å². The van der Waals surface area contributed by atoms with Gasteiger partial charge in [-0.25, -0.2) is 4.39 Å². The number of nitrogens with zero attached hydrogens (tertiary/aromatic N) is 1. The molecule has 3 aromatic carbocycles. The maximum absolute atomic E-state index is 14.7. The summed E-state index contributed by atoms with van der Waals surface area (Å²) in [5.74, 6) is -0.396. The van der Waals surface area contributed by atoms with Crippen LogP contribution in [0.3, 0.4) is 0 Å². The Bertz CT molecular complexity index is 1160. The van der Waals surface area contributed by atoms with Crippen LogP contribution in [0.5, 0.6) is 5.75 Å². The molecule has 5 nitrogen and oxygen atoms in total. The number of benzene rings is 3. The molecular weight excluding hydrogens is 455 g/mol. The first-order chi connectivity index (χ1) is 17.5. The zero-order chi connectivity index (χ0) is 25.3. The van der Waals surface area contributed by atoms with Gasteiger partial charge in [-0.05, 0) is 43.0 Å². The molecule has 4 rings (SSSR count). The van der Waals surface area contributed by atoms with E-state index in [9.17, 15) is 14.0 Å². The van der Waals surface area contributed by atoms with E-state index >= 15 is 0 Å². The van der Waals surface area contributed by atoms with Crippen molar-refractivity contribution >= 4 is 11.8 Å². The van der Waals surface area contributed by atoms with Crippen molar-refractivity contribution in [3.63, 3.8) is 0 Å². The van der Waals surface area contributed by atoms with Gasteiger partial charge in [-0.15, -0.1) is 0 Å². The summed E-state index contributed by atoms with van der Waals surface area (Å²) in [7, 11) is 0. The predicted molar refractivity (Wildman–Crippen MR) is 138 cm³/mol. The van der Waals surface area contributed by atoms with Crippen LogP contribution < -0.4 is 10.1 Å². The van der Waals surface area contributed by atoms with Crippen LogP contribution in [0, 0.1) is 12.7 Å². The summed E-state index contributed by atoms with van der Waals surface area (Å²) in [6.45, 7) is 1.63. The molecule has 1 saturated carbocycles. The Kier molecular flexibility index (Phi) is 8.71. The van der Waals surface area contributed by atoms with Crippen molar-refractivity contribution in [3.05, 3.63) is 101 Å². The quantitative estimate of drug-likeness (QED) is 0.426. The SMILES string of the molecule is Cc1ccccc1OCC(=O)N(Cc1ccccc1F)C(Cc1ccccc1)C(=O)NC1CCCC1. The highest BCUT2D eigenvalue weighted by atomic mass is 19.1. The van der Waals surface area contributed by atoms with E-state index in [4.69, 9.17) is 4.74 Å². The van der Waals surface area contributed by atoms with Crippen molar-refractivity contribution in [2.45, 2.75) is 57.7 Å². The molecule has 1 atom stereocenters. The second-order valence-electron chi connectivity index (χ2n) is 9.36. The average Bonchev–Trinajstić information content (AvgIpc) is 3.40. The van der Waals surface area contributed by atoms with Crippen molar-refractivity contribution in [2.75, 3.05) is 6.61 Å². The Balaban J connectivity index is 1.63. The summed E-state index contributed by atoms with van der Waals surface area (Å²) in [5, 5.41) is 3.15. The van der Waals surface area contributed by atoms with Gasteiger partial charge >= 0.3 is 0 Å². The fraction of sp³-hybridized carbons (Fsp3) is 0.333. The summed E-state index contributed by atoms with van der Waals surface area (Å²) in [5.41, 5.74) is 2.19. The fourth-order valence-corrected chi connectivity index (χ4v) is 4.67. The summed E-state index contributed by atoms with van der Waals surface area (Å²) in [6.07, 6.45) is 4.35. The number of aryl methyl sites for hydroxylation is 1. The molecule has 188 valence electrons. The zero-order valence-electron chi connectivity index (χ0n) is 20.7. The lowest BCUT2D eigenvalue weighted by Crippen LogP contribution is -2.53. The minimum atomic E-state index is -0.805. The van der Waals surface area contributed by atoms with Gasteiger partial charge in [-0.2, -0.15) is 0 Å². The highest BCUT2D eigenvalue weighted by molar-refractivity contribution is 5.88. The van der Waals surface area contributed by atoms with Crippen LogP contribution in [0.15, 0.2) is 78.9 Å². The van der Waals surface area contributed by atoms with Crippen LogP contribution in [-0.4, -0.2) is 35.4 Å². The standard InChI is InChI=1S/C30H33FN2O3/c1-22-11-5-10-18-28(22)36-21-29(34)33(20-24-14-6-9-17-26(24)31)27(19-23-12-3-2-4-13-23)30(35)32-25-15-7-8-16-25/h2-6,9-14,17-18,25,27H,7-8,15-16,19-21H2,1H3,(H,32,35). The number of carbonyl (C=O) groups excluding carboxylic acids is 2. The van der Waals surface area contributed by atoms with Gasteiger partial charge < -0.3 is 15.0 Å². The van der Waals surface area contributed by atoms with Crippen molar-refractivity contribution in [3.8, 4) is 5.75 Å². The Labute approximate surface area is 212 Å². The van der Waals surface area contributed by atoms with E-state index in [0.717, 1.165) is 36.8 Å². The minimum absolute atomic E-state index is 0.0295. The number of ether oxygens (including phenoxy) is 1. The summed E-state index contributed by atoms with van der Waals surface area (Å²) >= 11 is 0. The Morgan fingerprint density at radius 2 is 1.64 bits per heavy atom. The topological polar surface area (TPSA) is 58.6 Å². The number of hydrogen-bond acceptors (Lipinski definition) is 3. The fourth-order valence-electron chi connectivity index (χ4n) is 4.67. The van der Waals surface area contributed by atoms with Gasteiger partial charge in [0.05, 0.1) is 0 Å². The number of para-hydroxylation sites is 1. The van der Waals surface area contributed by atoms with E-state index < -0.39 is 11.9 Å². The second-order valence-corrected chi connectivity index (χ2v) is 9.36. The van der Waals surface area contributed by atoms with Crippen LogP contribution in [0.1, 0.15) is 42.4 Å². The van der Waals surface area contributed by atoms with Gasteiger partial charge in [0.2, 0.25) is 5.91 Å². The molecule has 0 bridgehead atoms. The molecule has 2 amide bonds. The largest absolute Gasteiger partial charge is 0.484 e. The predicted octanol–water partition coefficient (Wildman–Crippen LogP) is 5.21. The third-order valence-corrected chi connectivity index (χ3v) is 6.72. The Hall–Kier alpha value is -3.67. The monoisotopic (exact) mass is 488 g/mol. The number of rotatable bonds is 10. The normalized spacial score (nSPS) is 14.3. The first kappa shape index (κ1) is 25.4. The lowest BCUT2D eigenvalue weighted by atomic mass is 10.0.